The van der Waals surface area contributed by atoms with Crippen LogP contribution in [0.25, 0.3) is 17.0 Å². The van der Waals surface area contributed by atoms with E-state index in [0.717, 1.165) is 5.39 Å². The molecule has 0 atom stereocenters. The van der Waals surface area contributed by atoms with E-state index in [1.54, 1.807) is 32.4 Å². The van der Waals surface area contributed by atoms with Crippen molar-refractivity contribution in [1.82, 2.24) is 0 Å². The monoisotopic (exact) mass is 323 g/mol. The zero-order chi connectivity index (χ0) is 16.9. The van der Waals surface area contributed by atoms with Gasteiger partial charge in [-0.15, -0.1) is 0 Å². The molecule has 0 saturated carbocycles. The third-order valence-electron chi connectivity index (χ3n) is 3.51. The van der Waals surface area contributed by atoms with Crippen molar-refractivity contribution in [2.75, 3.05) is 19.5 Å². The maximum absolute atomic E-state index is 12.1. The van der Waals surface area contributed by atoms with Crippen LogP contribution in [0, 0.1) is 0 Å². The van der Waals surface area contributed by atoms with E-state index in [4.69, 9.17) is 13.9 Å². The van der Waals surface area contributed by atoms with E-state index < -0.39 is 0 Å². The first-order chi connectivity index (χ1) is 11.7. The van der Waals surface area contributed by atoms with E-state index in [0.29, 0.717) is 28.5 Å². The number of para-hydroxylation sites is 3. The van der Waals surface area contributed by atoms with Crippen molar-refractivity contribution >= 4 is 28.6 Å². The number of methoxy groups -OCH3 is 2. The Hall–Kier alpha value is -3.21. The lowest BCUT2D eigenvalue weighted by Crippen LogP contribution is -2.08. The zero-order valence-electron chi connectivity index (χ0n) is 13.4. The quantitative estimate of drug-likeness (QED) is 0.718. The molecule has 5 nitrogen and oxygen atoms in total. The maximum atomic E-state index is 12.1. The molecule has 0 aliphatic carbocycles. The molecule has 0 saturated heterocycles. The van der Waals surface area contributed by atoms with Gasteiger partial charge in [-0.2, -0.15) is 0 Å². The molecule has 3 aromatic rings. The summed E-state index contributed by atoms with van der Waals surface area (Å²) in [5.74, 6) is 1.56. The molecule has 0 spiro atoms. The molecule has 3 rings (SSSR count). The minimum absolute atomic E-state index is 0.271. The number of rotatable bonds is 5. The topological polar surface area (TPSA) is 60.7 Å². The SMILES string of the molecule is COc1ccccc1NC(=O)C=Cc1cc2cccc(OC)c2o1. The number of furan rings is 1. The molecule has 2 aromatic carbocycles. The highest BCUT2D eigenvalue weighted by Gasteiger charge is 2.08. The van der Waals surface area contributed by atoms with Crippen molar-refractivity contribution in [3.05, 3.63) is 60.4 Å². The molecule has 0 bridgehead atoms. The molecule has 1 heterocycles. The average molecular weight is 323 g/mol. The molecule has 122 valence electrons. The Balaban J connectivity index is 1.77. The van der Waals surface area contributed by atoms with Crippen LogP contribution in [-0.4, -0.2) is 20.1 Å². The number of hydrogen-bond donors (Lipinski definition) is 1. The first kappa shape index (κ1) is 15.7. The molecular formula is C19H17NO4. The van der Waals surface area contributed by atoms with Crippen LogP contribution in [0.5, 0.6) is 11.5 Å². The molecule has 0 fully saturated rings. The summed E-state index contributed by atoms with van der Waals surface area (Å²) in [5, 5.41) is 3.69. The van der Waals surface area contributed by atoms with Gasteiger partial charge in [0.1, 0.15) is 11.5 Å². The molecule has 5 heteroatoms. The van der Waals surface area contributed by atoms with Crippen LogP contribution in [0.3, 0.4) is 0 Å². The van der Waals surface area contributed by atoms with Gasteiger partial charge in [0.15, 0.2) is 11.3 Å². The second-order valence-electron chi connectivity index (χ2n) is 5.05. The number of ether oxygens (including phenoxy) is 2. The van der Waals surface area contributed by atoms with E-state index in [9.17, 15) is 4.79 Å². The zero-order valence-corrected chi connectivity index (χ0v) is 13.4. The number of amides is 1. The first-order valence-electron chi connectivity index (χ1n) is 7.40. The summed E-state index contributed by atoms with van der Waals surface area (Å²) in [6.45, 7) is 0. The van der Waals surface area contributed by atoms with Crippen LogP contribution >= 0.6 is 0 Å². The van der Waals surface area contributed by atoms with E-state index in [2.05, 4.69) is 5.32 Å². The maximum Gasteiger partial charge on any atom is 0.248 e. The van der Waals surface area contributed by atoms with E-state index in [1.807, 2.05) is 36.4 Å². The fourth-order valence-electron chi connectivity index (χ4n) is 2.38. The summed E-state index contributed by atoms with van der Waals surface area (Å²) in [5.41, 5.74) is 1.27. The Morgan fingerprint density at radius 1 is 1.04 bits per heavy atom. The van der Waals surface area contributed by atoms with Gasteiger partial charge in [-0.05, 0) is 30.3 Å². The van der Waals surface area contributed by atoms with Crippen molar-refractivity contribution < 1.29 is 18.7 Å². The number of hydrogen-bond acceptors (Lipinski definition) is 4. The Labute approximate surface area is 139 Å². The van der Waals surface area contributed by atoms with Gasteiger partial charge in [-0.1, -0.05) is 24.3 Å². The predicted octanol–water partition coefficient (Wildman–Crippen LogP) is 4.10. The van der Waals surface area contributed by atoms with Crippen LogP contribution < -0.4 is 14.8 Å². The van der Waals surface area contributed by atoms with Crippen molar-refractivity contribution in [3.63, 3.8) is 0 Å². The third-order valence-corrected chi connectivity index (χ3v) is 3.51. The summed E-state index contributed by atoms with van der Waals surface area (Å²) in [4.78, 5) is 12.1. The molecular weight excluding hydrogens is 306 g/mol. The van der Waals surface area contributed by atoms with Crippen LogP contribution in [-0.2, 0) is 4.79 Å². The lowest BCUT2D eigenvalue weighted by molar-refractivity contribution is -0.111. The van der Waals surface area contributed by atoms with Crippen LogP contribution in [0.1, 0.15) is 5.76 Å². The second-order valence-corrected chi connectivity index (χ2v) is 5.05. The number of benzene rings is 2. The summed E-state index contributed by atoms with van der Waals surface area (Å²) in [6.07, 6.45) is 3.03. The van der Waals surface area contributed by atoms with Crippen LogP contribution in [0.2, 0.25) is 0 Å². The fourth-order valence-corrected chi connectivity index (χ4v) is 2.38. The summed E-state index contributed by atoms with van der Waals surface area (Å²) in [6, 6.07) is 14.7. The molecule has 0 unspecified atom stereocenters. The van der Waals surface area contributed by atoms with Crippen molar-refractivity contribution in [1.29, 1.82) is 0 Å². The summed E-state index contributed by atoms with van der Waals surface area (Å²) in [7, 11) is 3.15. The van der Waals surface area contributed by atoms with Gasteiger partial charge in [-0.3, -0.25) is 4.79 Å². The number of carbonyl (C=O) groups excluding carboxylic acids is 1. The van der Waals surface area contributed by atoms with Gasteiger partial charge in [-0.25, -0.2) is 0 Å². The minimum Gasteiger partial charge on any atom is -0.495 e. The average Bonchev–Trinajstić information content (AvgIpc) is 3.03. The van der Waals surface area contributed by atoms with Gasteiger partial charge >= 0.3 is 0 Å². The molecule has 1 amide bonds. The molecule has 1 aromatic heterocycles. The number of nitrogens with one attached hydrogen (secondary N) is 1. The molecule has 1 N–H and O–H groups in total. The number of carbonyl (C=O) groups is 1. The van der Waals surface area contributed by atoms with Gasteiger partial charge in [0.05, 0.1) is 19.9 Å². The van der Waals surface area contributed by atoms with Gasteiger partial charge in [0.25, 0.3) is 0 Å². The minimum atomic E-state index is -0.271. The number of anilines is 1. The first-order valence-corrected chi connectivity index (χ1v) is 7.40. The molecule has 24 heavy (non-hydrogen) atoms. The highest BCUT2D eigenvalue weighted by atomic mass is 16.5. The Morgan fingerprint density at radius 2 is 1.79 bits per heavy atom. The van der Waals surface area contributed by atoms with Gasteiger partial charge < -0.3 is 19.2 Å². The van der Waals surface area contributed by atoms with Crippen LogP contribution in [0.4, 0.5) is 5.69 Å². The molecule has 0 radical (unpaired) electrons. The normalized spacial score (nSPS) is 10.9. The van der Waals surface area contributed by atoms with Crippen LogP contribution in [0.15, 0.2) is 59.0 Å². The lowest BCUT2D eigenvalue weighted by Gasteiger charge is -2.07. The van der Waals surface area contributed by atoms with Gasteiger partial charge in [0.2, 0.25) is 5.91 Å². The highest BCUT2D eigenvalue weighted by Crippen LogP contribution is 2.29. The third kappa shape index (κ3) is 3.25. The highest BCUT2D eigenvalue weighted by molar-refractivity contribution is 6.02. The Morgan fingerprint density at radius 3 is 2.58 bits per heavy atom. The lowest BCUT2D eigenvalue weighted by atomic mass is 10.2. The van der Waals surface area contributed by atoms with Crippen molar-refractivity contribution in [2.24, 2.45) is 0 Å². The standard InChI is InChI=1S/C19H17NO4/c1-22-16-8-4-3-7-15(16)20-18(21)11-10-14-12-13-6-5-9-17(23-2)19(13)24-14/h3-12H,1-2H3,(H,20,21). The largest absolute Gasteiger partial charge is 0.495 e. The smallest absolute Gasteiger partial charge is 0.248 e. The fraction of sp³-hybridized carbons (Fsp3) is 0.105. The summed E-state index contributed by atoms with van der Waals surface area (Å²) >= 11 is 0. The predicted molar refractivity (Wildman–Crippen MR) is 93.4 cm³/mol. The summed E-state index contributed by atoms with van der Waals surface area (Å²) < 4.78 is 16.2. The molecule has 0 aliphatic rings. The van der Waals surface area contributed by atoms with Crippen molar-refractivity contribution in [3.8, 4) is 11.5 Å². The molecule has 0 aliphatic heterocycles. The second kappa shape index (κ2) is 6.91. The van der Waals surface area contributed by atoms with Gasteiger partial charge in [0, 0.05) is 11.5 Å². The Bertz CT molecular complexity index is 895. The number of fused-ring (bicyclic) bond motifs is 1. The van der Waals surface area contributed by atoms with E-state index in [1.165, 1.54) is 6.08 Å². The van der Waals surface area contributed by atoms with Crippen molar-refractivity contribution in [2.45, 2.75) is 0 Å². The van der Waals surface area contributed by atoms with E-state index in [-0.39, 0.29) is 5.91 Å². The van der Waals surface area contributed by atoms with E-state index >= 15 is 0 Å². The Kier molecular flexibility index (Phi) is 4.52.